The van der Waals surface area contributed by atoms with Gasteiger partial charge in [-0.3, -0.25) is 9.10 Å². The standard InChI is InChI=1S/C25H26Cl2N2O3S2/c1-18-21(27)7-5-9-23(18)29(34(2,31)32)16-6-11-25(30)28-22-8-3-4-10-24(22)33-17-19-12-14-20(26)15-13-19/h3-5,7-10,12-15H,6,11,16-17H2,1-2H3,(H,28,30). The number of benzene rings is 3. The topological polar surface area (TPSA) is 66.5 Å². The van der Waals surface area contributed by atoms with Crippen molar-refractivity contribution in [2.45, 2.75) is 30.4 Å². The summed E-state index contributed by atoms with van der Waals surface area (Å²) in [4.78, 5) is 13.6. The molecule has 0 spiro atoms. The Morgan fingerprint density at radius 1 is 1.00 bits per heavy atom. The highest BCUT2D eigenvalue weighted by atomic mass is 35.5. The van der Waals surface area contributed by atoms with E-state index in [1.165, 1.54) is 4.31 Å². The second-order valence-electron chi connectivity index (χ2n) is 7.78. The third-order valence-electron chi connectivity index (χ3n) is 5.14. The first-order valence-corrected chi connectivity index (χ1v) is 14.2. The highest BCUT2D eigenvalue weighted by Crippen LogP contribution is 2.31. The van der Waals surface area contributed by atoms with Crippen molar-refractivity contribution in [1.29, 1.82) is 0 Å². The lowest BCUT2D eigenvalue weighted by atomic mass is 10.2. The molecule has 1 amide bonds. The van der Waals surface area contributed by atoms with Crippen LogP contribution in [-0.2, 0) is 20.6 Å². The van der Waals surface area contributed by atoms with Crippen molar-refractivity contribution >= 4 is 62.3 Å². The van der Waals surface area contributed by atoms with E-state index in [0.717, 1.165) is 28.2 Å². The first kappa shape index (κ1) is 26.4. The van der Waals surface area contributed by atoms with Gasteiger partial charge in [0, 0.05) is 33.7 Å². The minimum absolute atomic E-state index is 0.171. The van der Waals surface area contributed by atoms with Crippen molar-refractivity contribution in [3.8, 4) is 0 Å². The summed E-state index contributed by atoms with van der Waals surface area (Å²) in [5.41, 5.74) is 3.08. The van der Waals surface area contributed by atoms with Gasteiger partial charge in [0.2, 0.25) is 15.9 Å². The van der Waals surface area contributed by atoms with Crippen LogP contribution in [0.3, 0.4) is 0 Å². The maximum Gasteiger partial charge on any atom is 0.232 e. The van der Waals surface area contributed by atoms with Crippen molar-refractivity contribution in [2.75, 3.05) is 22.4 Å². The number of para-hydroxylation sites is 1. The van der Waals surface area contributed by atoms with E-state index in [0.29, 0.717) is 27.7 Å². The molecular formula is C25H26Cl2N2O3S2. The molecule has 0 unspecified atom stereocenters. The Morgan fingerprint density at radius 3 is 2.41 bits per heavy atom. The molecule has 9 heteroatoms. The van der Waals surface area contributed by atoms with Crippen LogP contribution >= 0.6 is 35.0 Å². The van der Waals surface area contributed by atoms with Gasteiger partial charge in [-0.05, 0) is 60.9 Å². The molecule has 0 saturated heterocycles. The maximum atomic E-state index is 12.6. The van der Waals surface area contributed by atoms with Gasteiger partial charge in [-0.25, -0.2) is 8.42 Å². The second-order valence-corrected chi connectivity index (χ2v) is 11.5. The molecule has 180 valence electrons. The van der Waals surface area contributed by atoms with Gasteiger partial charge in [0.25, 0.3) is 0 Å². The number of hydrogen-bond donors (Lipinski definition) is 1. The summed E-state index contributed by atoms with van der Waals surface area (Å²) in [5.74, 6) is 0.572. The largest absolute Gasteiger partial charge is 0.325 e. The molecule has 0 aliphatic carbocycles. The van der Waals surface area contributed by atoms with Crippen LogP contribution < -0.4 is 9.62 Å². The number of anilines is 2. The Labute approximate surface area is 215 Å². The van der Waals surface area contributed by atoms with Crippen LogP contribution in [0.25, 0.3) is 0 Å². The molecule has 0 fully saturated rings. The fourth-order valence-electron chi connectivity index (χ4n) is 3.36. The van der Waals surface area contributed by atoms with E-state index < -0.39 is 10.0 Å². The Hall–Kier alpha value is -2.19. The van der Waals surface area contributed by atoms with E-state index in [9.17, 15) is 13.2 Å². The zero-order valence-corrected chi connectivity index (χ0v) is 22.1. The number of hydrogen-bond acceptors (Lipinski definition) is 4. The number of nitrogens with one attached hydrogen (secondary N) is 1. The first-order chi connectivity index (χ1) is 16.1. The number of rotatable bonds is 10. The Morgan fingerprint density at radius 2 is 1.71 bits per heavy atom. The lowest BCUT2D eigenvalue weighted by molar-refractivity contribution is -0.116. The zero-order chi connectivity index (χ0) is 24.7. The predicted octanol–water partition coefficient (Wildman–Crippen LogP) is 6.78. The SMILES string of the molecule is Cc1c(Cl)cccc1N(CCCC(=O)Nc1ccccc1SCc1ccc(Cl)cc1)S(C)(=O)=O. The summed E-state index contributed by atoms with van der Waals surface area (Å²) < 4.78 is 26.1. The van der Waals surface area contributed by atoms with E-state index in [-0.39, 0.29) is 18.9 Å². The molecule has 3 rings (SSSR count). The first-order valence-electron chi connectivity index (χ1n) is 10.6. The summed E-state index contributed by atoms with van der Waals surface area (Å²) in [6, 6.07) is 20.4. The lowest BCUT2D eigenvalue weighted by Gasteiger charge is -2.24. The number of nitrogens with zero attached hydrogens (tertiary/aromatic N) is 1. The molecule has 3 aromatic carbocycles. The molecule has 1 N–H and O–H groups in total. The van der Waals surface area contributed by atoms with Crippen LogP contribution in [0.4, 0.5) is 11.4 Å². The predicted molar refractivity (Wildman–Crippen MR) is 144 cm³/mol. The van der Waals surface area contributed by atoms with Crippen LogP contribution in [-0.4, -0.2) is 27.1 Å². The molecule has 0 atom stereocenters. The number of halogens is 2. The molecular weight excluding hydrogens is 511 g/mol. The van der Waals surface area contributed by atoms with Crippen LogP contribution in [0.5, 0.6) is 0 Å². The van der Waals surface area contributed by atoms with Crippen LogP contribution in [0.2, 0.25) is 10.0 Å². The third-order valence-corrected chi connectivity index (χ3v) is 8.13. The average Bonchev–Trinajstić information content (AvgIpc) is 2.79. The van der Waals surface area contributed by atoms with Gasteiger partial charge in [-0.1, -0.05) is 53.5 Å². The molecule has 0 aliphatic rings. The summed E-state index contributed by atoms with van der Waals surface area (Å²) in [6.45, 7) is 1.96. The molecule has 0 radical (unpaired) electrons. The lowest BCUT2D eigenvalue weighted by Crippen LogP contribution is -2.32. The number of carbonyl (C=O) groups excluding carboxylic acids is 1. The molecule has 0 bridgehead atoms. The maximum absolute atomic E-state index is 12.6. The molecule has 0 saturated carbocycles. The minimum Gasteiger partial charge on any atom is -0.325 e. The number of amides is 1. The van der Waals surface area contributed by atoms with Crippen LogP contribution in [0, 0.1) is 6.92 Å². The van der Waals surface area contributed by atoms with E-state index in [2.05, 4.69) is 5.32 Å². The van der Waals surface area contributed by atoms with E-state index in [1.807, 2.05) is 48.5 Å². The highest BCUT2D eigenvalue weighted by molar-refractivity contribution is 7.98. The zero-order valence-electron chi connectivity index (χ0n) is 18.9. The van der Waals surface area contributed by atoms with Crippen LogP contribution in [0.15, 0.2) is 71.6 Å². The average molecular weight is 538 g/mol. The molecule has 0 aliphatic heterocycles. The quantitative estimate of drug-likeness (QED) is 0.290. The molecule has 0 heterocycles. The van der Waals surface area contributed by atoms with E-state index in [1.54, 1.807) is 36.9 Å². The van der Waals surface area contributed by atoms with Gasteiger partial charge in [0.05, 0.1) is 17.6 Å². The molecule has 3 aromatic rings. The van der Waals surface area contributed by atoms with Gasteiger partial charge in [-0.15, -0.1) is 11.8 Å². The number of sulfonamides is 1. The summed E-state index contributed by atoms with van der Waals surface area (Å²) in [5, 5.41) is 4.15. The van der Waals surface area contributed by atoms with Gasteiger partial charge in [0.15, 0.2) is 0 Å². The smallest absolute Gasteiger partial charge is 0.232 e. The summed E-state index contributed by atoms with van der Waals surface area (Å²) in [7, 11) is -3.53. The van der Waals surface area contributed by atoms with Gasteiger partial charge >= 0.3 is 0 Å². The minimum atomic E-state index is -3.53. The summed E-state index contributed by atoms with van der Waals surface area (Å²) >= 11 is 13.7. The van der Waals surface area contributed by atoms with E-state index in [4.69, 9.17) is 23.2 Å². The van der Waals surface area contributed by atoms with Crippen molar-refractivity contribution in [2.24, 2.45) is 0 Å². The van der Waals surface area contributed by atoms with Gasteiger partial charge < -0.3 is 5.32 Å². The third kappa shape index (κ3) is 7.40. The second kappa shape index (κ2) is 12.0. The van der Waals surface area contributed by atoms with E-state index >= 15 is 0 Å². The molecule has 0 aromatic heterocycles. The van der Waals surface area contributed by atoms with Crippen molar-refractivity contribution < 1.29 is 13.2 Å². The van der Waals surface area contributed by atoms with Crippen molar-refractivity contribution in [3.05, 3.63) is 87.9 Å². The van der Waals surface area contributed by atoms with Crippen LogP contribution in [0.1, 0.15) is 24.0 Å². The fourth-order valence-corrected chi connectivity index (χ4v) is 5.64. The Kier molecular flexibility index (Phi) is 9.31. The summed E-state index contributed by atoms with van der Waals surface area (Å²) in [6.07, 6.45) is 1.70. The monoisotopic (exact) mass is 536 g/mol. The van der Waals surface area contributed by atoms with Gasteiger partial charge in [-0.2, -0.15) is 0 Å². The number of carbonyl (C=O) groups is 1. The fraction of sp³-hybridized carbons (Fsp3) is 0.240. The normalized spacial score (nSPS) is 11.3. The van der Waals surface area contributed by atoms with Gasteiger partial charge in [0.1, 0.15) is 0 Å². The van der Waals surface area contributed by atoms with Crippen molar-refractivity contribution in [3.63, 3.8) is 0 Å². The number of thioether (sulfide) groups is 1. The molecule has 5 nitrogen and oxygen atoms in total. The van der Waals surface area contributed by atoms with Crippen molar-refractivity contribution in [1.82, 2.24) is 0 Å². The Balaban J connectivity index is 1.60. The molecule has 34 heavy (non-hydrogen) atoms. The highest BCUT2D eigenvalue weighted by Gasteiger charge is 2.20. The Bertz CT molecular complexity index is 1250.